The van der Waals surface area contributed by atoms with Gasteiger partial charge in [-0.15, -0.1) is 0 Å². The molecular weight excluding hydrogens is 300 g/mol. The summed E-state index contributed by atoms with van der Waals surface area (Å²) >= 11 is 0. The molecule has 0 saturated heterocycles. The quantitative estimate of drug-likeness (QED) is 0.832. The monoisotopic (exact) mass is 322 g/mol. The number of aliphatic hydroxyl groups is 1. The molecule has 4 heteroatoms. The minimum absolute atomic E-state index is 0.201. The van der Waals surface area contributed by atoms with Crippen LogP contribution in [0, 0.1) is 0 Å². The van der Waals surface area contributed by atoms with Crippen molar-refractivity contribution in [2.24, 2.45) is 0 Å². The summed E-state index contributed by atoms with van der Waals surface area (Å²) in [5, 5.41) is 13.0. The average Bonchev–Trinajstić information content (AvgIpc) is 2.99. The number of amides is 1. The molecule has 0 fully saturated rings. The topological polar surface area (TPSA) is 52.6 Å². The molecule has 1 atom stereocenters. The molecule has 2 aromatic rings. The molecule has 124 valence electrons. The number of anilines is 1. The lowest BCUT2D eigenvalue weighted by Gasteiger charge is -2.15. The van der Waals surface area contributed by atoms with Crippen LogP contribution in [-0.4, -0.2) is 31.2 Å². The van der Waals surface area contributed by atoms with Gasteiger partial charge in [0, 0.05) is 31.9 Å². The van der Waals surface area contributed by atoms with Crippen molar-refractivity contribution < 1.29 is 9.90 Å². The molecule has 1 aliphatic rings. The zero-order valence-electron chi connectivity index (χ0n) is 13.8. The zero-order valence-corrected chi connectivity index (χ0v) is 13.8. The summed E-state index contributed by atoms with van der Waals surface area (Å²) in [4.78, 5) is 14.1. The maximum atomic E-state index is 11.9. The number of benzene rings is 2. The van der Waals surface area contributed by atoms with Crippen LogP contribution in [0.3, 0.4) is 0 Å². The molecule has 1 amide bonds. The molecule has 4 nitrogen and oxygen atoms in total. The Labute approximate surface area is 142 Å². The largest absolute Gasteiger partial charge is 0.387 e. The van der Waals surface area contributed by atoms with Crippen LogP contribution in [0.1, 0.15) is 22.8 Å². The van der Waals surface area contributed by atoms with Crippen LogP contribution >= 0.6 is 0 Å². The van der Waals surface area contributed by atoms with Gasteiger partial charge in [-0.2, -0.15) is 0 Å². The third-order valence-corrected chi connectivity index (χ3v) is 4.31. The van der Waals surface area contributed by atoms with Crippen LogP contribution in [0.5, 0.6) is 0 Å². The molecule has 2 aromatic carbocycles. The molecule has 1 heterocycles. The second kappa shape index (κ2) is 7.32. The van der Waals surface area contributed by atoms with Gasteiger partial charge < -0.3 is 15.3 Å². The summed E-state index contributed by atoms with van der Waals surface area (Å²) in [5.41, 5.74) is 4.29. The first-order valence-corrected chi connectivity index (χ1v) is 8.16. The number of carbonyl (C=O) groups excluding carboxylic acids is 1. The molecular formula is C20H22N2O2. The highest BCUT2D eigenvalue weighted by Crippen LogP contribution is 2.29. The number of rotatable bonds is 5. The number of hydrogen-bond donors (Lipinski definition) is 2. The first kappa shape index (κ1) is 16.3. The van der Waals surface area contributed by atoms with Gasteiger partial charge in [0.2, 0.25) is 5.91 Å². The molecule has 24 heavy (non-hydrogen) atoms. The number of fused-ring (bicyclic) bond motifs is 1. The van der Waals surface area contributed by atoms with Crippen LogP contribution < -0.4 is 10.2 Å². The Kier molecular flexibility index (Phi) is 4.96. The molecule has 0 aromatic heterocycles. The van der Waals surface area contributed by atoms with Crippen LogP contribution in [0.15, 0.2) is 54.6 Å². The highest BCUT2D eigenvalue weighted by Gasteiger charge is 2.17. The fraction of sp³-hybridized carbons (Fsp3) is 0.250. The predicted molar refractivity (Wildman–Crippen MR) is 96.9 cm³/mol. The normalized spacial score (nSPS) is 14.7. The Morgan fingerprint density at radius 3 is 2.88 bits per heavy atom. The Bertz CT molecular complexity index is 741. The van der Waals surface area contributed by atoms with E-state index in [1.165, 1.54) is 17.3 Å². The van der Waals surface area contributed by atoms with E-state index in [0.717, 1.165) is 24.1 Å². The van der Waals surface area contributed by atoms with Crippen molar-refractivity contribution in [3.05, 3.63) is 71.3 Å². The third-order valence-electron chi connectivity index (χ3n) is 4.31. The van der Waals surface area contributed by atoms with Crippen molar-refractivity contribution in [1.29, 1.82) is 0 Å². The van der Waals surface area contributed by atoms with E-state index in [1.54, 1.807) is 6.08 Å². The first-order chi connectivity index (χ1) is 11.6. The molecule has 2 N–H and O–H groups in total. The van der Waals surface area contributed by atoms with Crippen molar-refractivity contribution in [2.45, 2.75) is 12.5 Å². The Balaban J connectivity index is 1.55. The van der Waals surface area contributed by atoms with Gasteiger partial charge in [-0.3, -0.25) is 4.79 Å². The van der Waals surface area contributed by atoms with Crippen LogP contribution in [0.25, 0.3) is 6.08 Å². The van der Waals surface area contributed by atoms with Crippen molar-refractivity contribution in [3.63, 3.8) is 0 Å². The van der Waals surface area contributed by atoms with Crippen LogP contribution in [0.2, 0.25) is 0 Å². The summed E-state index contributed by atoms with van der Waals surface area (Å²) in [6.45, 7) is 1.21. The lowest BCUT2D eigenvalue weighted by atomic mass is 10.0. The maximum absolute atomic E-state index is 11.9. The number of hydrogen-bond acceptors (Lipinski definition) is 3. The number of nitrogens with zero attached hydrogens (tertiary/aromatic N) is 1. The molecule has 0 aliphatic carbocycles. The highest BCUT2D eigenvalue weighted by atomic mass is 16.3. The zero-order chi connectivity index (χ0) is 16.9. The van der Waals surface area contributed by atoms with Gasteiger partial charge in [0.1, 0.15) is 0 Å². The molecule has 0 spiro atoms. The van der Waals surface area contributed by atoms with Crippen molar-refractivity contribution in [3.8, 4) is 0 Å². The van der Waals surface area contributed by atoms with Crippen LogP contribution in [-0.2, 0) is 11.2 Å². The Morgan fingerprint density at radius 1 is 1.29 bits per heavy atom. The number of carbonyl (C=O) groups is 1. The lowest BCUT2D eigenvalue weighted by Crippen LogP contribution is -2.26. The fourth-order valence-corrected chi connectivity index (χ4v) is 2.90. The Hall–Kier alpha value is -2.59. The van der Waals surface area contributed by atoms with E-state index in [9.17, 15) is 9.90 Å². The number of nitrogens with one attached hydrogen (secondary N) is 1. The lowest BCUT2D eigenvalue weighted by molar-refractivity contribution is -0.116. The van der Waals surface area contributed by atoms with E-state index in [1.807, 2.05) is 48.5 Å². The summed E-state index contributed by atoms with van der Waals surface area (Å²) in [6.07, 6.45) is 3.54. The van der Waals surface area contributed by atoms with Gasteiger partial charge >= 0.3 is 0 Å². The molecule has 0 bridgehead atoms. The standard InChI is InChI=1S/C20H22N2O2/c1-22-12-11-16-13-17(8-9-18(16)22)19(23)14-21-20(24)10-7-15-5-3-2-4-6-15/h2-10,13,19,23H,11-12,14H2,1H3,(H,21,24). The summed E-state index contributed by atoms with van der Waals surface area (Å²) in [7, 11) is 2.07. The van der Waals surface area contributed by atoms with Crippen molar-refractivity contribution >= 4 is 17.7 Å². The van der Waals surface area contributed by atoms with E-state index < -0.39 is 6.10 Å². The van der Waals surface area contributed by atoms with E-state index >= 15 is 0 Å². The minimum Gasteiger partial charge on any atom is -0.387 e. The maximum Gasteiger partial charge on any atom is 0.244 e. The number of likely N-dealkylation sites (N-methyl/N-ethyl adjacent to an activating group) is 1. The van der Waals surface area contributed by atoms with Gasteiger partial charge in [0.05, 0.1) is 6.10 Å². The van der Waals surface area contributed by atoms with E-state index in [0.29, 0.717) is 0 Å². The van der Waals surface area contributed by atoms with Gasteiger partial charge in [-0.1, -0.05) is 42.5 Å². The molecule has 0 saturated carbocycles. The molecule has 1 unspecified atom stereocenters. The van der Waals surface area contributed by atoms with Gasteiger partial charge in [0.15, 0.2) is 0 Å². The van der Waals surface area contributed by atoms with Crippen LogP contribution in [0.4, 0.5) is 5.69 Å². The van der Waals surface area contributed by atoms with E-state index in [2.05, 4.69) is 17.3 Å². The van der Waals surface area contributed by atoms with Gasteiger partial charge in [-0.05, 0) is 35.3 Å². The smallest absolute Gasteiger partial charge is 0.244 e. The average molecular weight is 322 g/mol. The van der Waals surface area contributed by atoms with E-state index in [4.69, 9.17) is 0 Å². The SMILES string of the molecule is CN1CCc2cc(C(O)CNC(=O)C=Cc3ccccc3)ccc21. The molecule has 0 radical (unpaired) electrons. The molecule has 1 aliphatic heterocycles. The van der Waals surface area contributed by atoms with Crippen molar-refractivity contribution in [1.82, 2.24) is 5.32 Å². The second-order valence-corrected chi connectivity index (χ2v) is 6.06. The van der Waals surface area contributed by atoms with Gasteiger partial charge in [-0.25, -0.2) is 0 Å². The summed E-state index contributed by atoms with van der Waals surface area (Å²) in [5.74, 6) is -0.209. The first-order valence-electron chi connectivity index (χ1n) is 8.16. The predicted octanol–water partition coefficient (Wildman–Crippen LogP) is 2.54. The summed E-state index contributed by atoms with van der Waals surface area (Å²) < 4.78 is 0. The summed E-state index contributed by atoms with van der Waals surface area (Å²) in [6, 6.07) is 15.6. The number of aliphatic hydroxyl groups excluding tert-OH is 1. The fourth-order valence-electron chi connectivity index (χ4n) is 2.90. The highest BCUT2D eigenvalue weighted by molar-refractivity contribution is 5.91. The Morgan fingerprint density at radius 2 is 2.08 bits per heavy atom. The third kappa shape index (κ3) is 3.84. The second-order valence-electron chi connectivity index (χ2n) is 6.06. The van der Waals surface area contributed by atoms with E-state index in [-0.39, 0.29) is 12.5 Å². The minimum atomic E-state index is -0.699. The van der Waals surface area contributed by atoms with Gasteiger partial charge in [0.25, 0.3) is 0 Å². The molecule has 3 rings (SSSR count). The van der Waals surface area contributed by atoms with Crippen molar-refractivity contribution in [2.75, 3.05) is 25.0 Å².